The number of ether oxygens (including phenoxy) is 2. The van der Waals surface area contributed by atoms with Crippen LogP contribution in [0.4, 0.5) is 22.9 Å². The number of nitrogens with one attached hydrogen (secondary N) is 2. The smallest absolute Gasteiger partial charge is 0.248 e. The predicted molar refractivity (Wildman–Crippen MR) is 125 cm³/mol. The van der Waals surface area contributed by atoms with Gasteiger partial charge in [-0.1, -0.05) is 12.1 Å². The molecule has 7 nitrogen and oxygen atoms in total. The topological polar surface area (TPSA) is 98.5 Å². The number of anilines is 4. The van der Waals surface area contributed by atoms with Crippen LogP contribution in [-0.4, -0.2) is 25.1 Å². The zero-order valence-corrected chi connectivity index (χ0v) is 18.0. The van der Waals surface area contributed by atoms with Crippen LogP contribution in [0.2, 0.25) is 0 Å². The molecule has 31 heavy (non-hydrogen) atoms. The van der Waals surface area contributed by atoms with Gasteiger partial charge in [-0.05, 0) is 55.3 Å². The van der Waals surface area contributed by atoms with Crippen LogP contribution < -0.4 is 25.8 Å². The van der Waals surface area contributed by atoms with Gasteiger partial charge >= 0.3 is 0 Å². The predicted octanol–water partition coefficient (Wildman–Crippen LogP) is 4.69. The van der Waals surface area contributed by atoms with E-state index in [0.29, 0.717) is 28.7 Å². The molecule has 0 unspecified atom stereocenters. The molecule has 0 fully saturated rings. The van der Waals surface area contributed by atoms with Gasteiger partial charge in [0.05, 0.1) is 25.6 Å². The minimum Gasteiger partial charge on any atom is -0.493 e. The van der Waals surface area contributed by atoms with Gasteiger partial charge < -0.3 is 25.8 Å². The second-order valence-corrected chi connectivity index (χ2v) is 6.96. The van der Waals surface area contributed by atoms with E-state index in [-0.39, 0.29) is 5.91 Å². The molecule has 0 saturated heterocycles. The first-order chi connectivity index (χ1) is 14.9. The van der Waals surface area contributed by atoms with Crippen LogP contribution in [0, 0.1) is 13.8 Å². The number of rotatable bonds is 7. The van der Waals surface area contributed by atoms with Gasteiger partial charge in [-0.2, -0.15) is 0 Å². The highest BCUT2D eigenvalue weighted by molar-refractivity contribution is 6.04. The fraction of sp³-hybridized carbons (Fsp3) is 0.167. The molecule has 3 rings (SSSR count). The molecule has 1 aromatic heterocycles. The third-order valence-corrected chi connectivity index (χ3v) is 4.73. The average Bonchev–Trinajstić information content (AvgIpc) is 2.75. The molecule has 0 spiro atoms. The van der Waals surface area contributed by atoms with Crippen LogP contribution in [0.1, 0.15) is 16.7 Å². The summed E-state index contributed by atoms with van der Waals surface area (Å²) in [5.74, 6) is 1.63. The number of carbonyl (C=O) groups excluding carboxylic acids is 1. The lowest BCUT2D eigenvalue weighted by Gasteiger charge is -2.14. The molecule has 0 saturated carbocycles. The molecule has 0 atom stereocenters. The lowest BCUT2D eigenvalue weighted by atomic mass is 10.1. The summed E-state index contributed by atoms with van der Waals surface area (Å²) in [5.41, 5.74) is 10.5. The van der Waals surface area contributed by atoms with E-state index in [1.807, 2.05) is 50.2 Å². The number of para-hydroxylation sites is 1. The molecular formula is C24H26N4O3. The van der Waals surface area contributed by atoms with Gasteiger partial charge in [0.1, 0.15) is 5.82 Å². The van der Waals surface area contributed by atoms with Gasteiger partial charge in [0.25, 0.3) is 0 Å². The highest BCUT2D eigenvalue weighted by Crippen LogP contribution is 2.35. The molecule has 0 aliphatic carbocycles. The Morgan fingerprint density at radius 3 is 2.58 bits per heavy atom. The number of nitrogens with zero attached hydrogens (tertiary/aromatic N) is 1. The Bertz CT molecular complexity index is 1110. The molecule has 160 valence electrons. The molecule has 4 N–H and O–H groups in total. The van der Waals surface area contributed by atoms with Crippen molar-refractivity contribution >= 4 is 34.9 Å². The summed E-state index contributed by atoms with van der Waals surface area (Å²) < 4.78 is 10.8. The Morgan fingerprint density at radius 2 is 1.87 bits per heavy atom. The van der Waals surface area contributed by atoms with Gasteiger partial charge in [0.15, 0.2) is 11.5 Å². The van der Waals surface area contributed by atoms with Gasteiger partial charge in [-0.25, -0.2) is 4.98 Å². The van der Waals surface area contributed by atoms with E-state index in [2.05, 4.69) is 15.6 Å². The van der Waals surface area contributed by atoms with Crippen LogP contribution in [0.3, 0.4) is 0 Å². The van der Waals surface area contributed by atoms with E-state index >= 15 is 0 Å². The molecule has 7 heteroatoms. The Kier molecular flexibility index (Phi) is 6.77. The van der Waals surface area contributed by atoms with Crippen LogP contribution in [0.25, 0.3) is 6.08 Å². The third kappa shape index (κ3) is 5.14. The zero-order valence-electron chi connectivity index (χ0n) is 18.0. The first-order valence-electron chi connectivity index (χ1n) is 9.71. The van der Waals surface area contributed by atoms with Crippen molar-refractivity contribution in [2.45, 2.75) is 13.8 Å². The molecule has 0 radical (unpaired) electrons. The number of hydrogen-bond donors (Lipinski definition) is 3. The maximum atomic E-state index is 12.4. The van der Waals surface area contributed by atoms with Gasteiger partial charge in [0, 0.05) is 29.6 Å². The molecule has 1 heterocycles. The first kappa shape index (κ1) is 21.7. The average molecular weight is 418 g/mol. The number of pyridine rings is 1. The normalized spacial score (nSPS) is 10.7. The monoisotopic (exact) mass is 418 g/mol. The fourth-order valence-electron chi connectivity index (χ4n) is 3.21. The van der Waals surface area contributed by atoms with E-state index in [4.69, 9.17) is 15.2 Å². The highest BCUT2D eigenvalue weighted by Gasteiger charge is 2.11. The second-order valence-electron chi connectivity index (χ2n) is 6.96. The Labute approximate surface area is 181 Å². The Hall–Kier alpha value is -4.00. The third-order valence-electron chi connectivity index (χ3n) is 4.73. The molecular weight excluding hydrogens is 392 g/mol. The summed E-state index contributed by atoms with van der Waals surface area (Å²) in [4.78, 5) is 16.8. The number of hydrogen-bond acceptors (Lipinski definition) is 6. The molecule has 3 aromatic rings. The van der Waals surface area contributed by atoms with Crippen LogP contribution >= 0.6 is 0 Å². The lowest BCUT2D eigenvalue weighted by molar-refractivity contribution is -0.111. The van der Waals surface area contributed by atoms with Crippen molar-refractivity contribution in [3.05, 3.63) is 71.4 Å². The lowest BCUT2D eigenvalue weighted by Crippen LogP contribution is -2.11. The molecule has 0 aliphatic rings. The Morgan fingerprint density at radius 1 is 1.06 bits per heavy atom. The molecule has 0 bridgehead atoms. The Balaban J connectivity index is 1.81. The van der Waals surface area contributed by atoms with E-state index in [1.54, 1.807) is 32.6 Å². The van der Waals surface area contributed by atoms with Crippen LogP contribution in [-0.2, 0) is 4.79 Å². The van der Waals surface area contributed by atoms with E-state index in [0.717, 1.165) is 22.4 Å². The van der Waals surface area contributed by atoms with Crippen molar-refractivity contribution in [2.75, 3.05) is 30.6 Å². The second kappa shape index (κ2) is 9.67. The summed E-state index contributed by atoms with van der Waals surface area (Å²) >= 11 is 0. The largest absolute Gasteiger partial charge is 0.493 e. The number of methoxy groups -OCH3 is 2. The number of nitrogens with two attached hydrogens (primary N) is 1. The van der Waals surface area contributed by atoms with E-state index in [9.17, 15) is 4.79 Å². The molecule has 2 aromatic carbocycles. The van der Waals surface area contributed by atoms with Crippen LogP contribution in [0.15, 0.2) is 54.7 Å². The van der Waals surface area contributed by atoms with E-state index in [1.165, 1.54) is 6.08 Å². The summed E-state index contributed by atoms with van der Waals surface area (Å²) in [7, 11) is 3.20. The van der Waals surface area contributed by atoms with Crippen molar-refractivity contribution in [3.8, 4) is 11.5 Å². The maximum Gasteiger partial charge on any atom is 0.248 e. The number of carbonyl (C=O) groups is 1. The summed E-state index contributed by atoms with van der Waals surface area (Å²) in [6.07, 6.45) is 4.84. The maximum absolute atomic E-state index is 12.4. The van der Waals surface area contributed by atoms with Crippen molar-refractivity contribution in [1.29, 1.82) is 0 Å². The van der Waals surface area contributed by atoms with Crippen molar-refractivity contribution in [2.24, 2.45) is 0 Å². The minimum absolute atomic E-state index is 0.280. The summed E-state index contributed by atoms with van der Waals surface area (Å²) in [6.45, 7) is 3.83. The van der Waals surface area contributed by atoms with E-state index < -0.39 is 0 Å². The molecule has 0 aliphatic heterocycles. The van der Waals surface area contributed by atoms with Gasteiger partial charge in [-0.3, -0.25) is 4.79 Å². The quantitative estimate of drug-likeness (QED) is 0.380. The first-order valence-corrected chi connectivity index (χ1v) is 9.71. The SMILES string of the molecule is COc1cc(Nc2ncccc2/C=C/C(=O)Nc2c(C)cccc2N)cc(C)c1OC. The number of benzene rings is 2. The number of aromatic nitrogens is 1. The molecule has 1 amide bonds. The number of amides is 1. The van der Waals surface area contributed by atoms with Gasteiger partial charge in [0.2, 0.25) is 5.91 Å². The standard InChI is InChI=1S/C24H26N4O3/c1-15-7-5-9-19(25)22(15)28-21(29)11-10-17-8-6-12-26-24(17)27-18-13-16(2)23(31-4)20(14-18)30-3/h5-14H,25H2,1-4H3,(H,26,27)(H,28,29)/b11-10+. The summed E-state index contributed by atoms with van der Waals surface area (Å²) in [6, 6.07) is 12.9. The van der Waals surface area contributed by atoms with Crippen molar-refractivity contribution in [3.63, 3.8) is 0 Å². The van der Waals surface area contributed by atoms with Crippen molar-refractivity contribution in [1.82, 2.24) is 4.98 Å². The summed E-state index contributed by atoms with van der Waals surface area (Å²) in [5, 5.41) is 6.11. The minimum atomic E-state index is -0.280. The van der Waals surface area contributed by atoms with Crippen LogP contribution in [0.5, 0.6) is 11.5 Å². The number of nitrogen functional groups attached to an aromatic ring is 1. The fourth-order valence-corrected chi connectivity index (χ4v) is 3.21. The van der Waals surface area contributed by atoms with Crippen molar-refractivity contribution < 1.29 is 14.3 Å². The van der Waals surface area contributed by atoms with Gasteiger partial charge in [-0.15, -0.1) is 0 Å². The number of aryl methyl sites for hydroxylation is 2. The zero-order chi connectivity index (χ0) is 22.4. The highest BCUT2D eigenvalue weighted by atomic mass is 16.5.